The maximum Gasteiger partial charge on any atom is 0.410 e. The molecule has 0 aromatic rings. The molecule has 0 radical (unpaired) electrons. The monoisotopic (exact) mass is 269 g/mol. The average molecular weight is 269 g/mol. The van der Waals surface area contributed by atoms with E-state index >= 15 is 0 Å². The number of nitrogens with zero attached hydrogens (tertiary/aromatic N) is 1. The Hall–Kier alpha value is -1.23. The van der Waals surface area contributed by atoms with Gasteiger partial charge in [0.15, 0.2) is 0 Å². The van der Waals surface area contributed by atoms with Crippen molar-refractivity contribution in [2.45, 2.75) is 45.3 Å². The number of hydrogen-bond donors (Lipinski definition) is 1. The molecule has 108 valence electrons. The van der Waals surface area contributed by atoms with Gasteiger partial charge in [-0.3, -0.25) is 0 Å². The van der Waals surface area contributed by atoms with Crippen LogP contribution in [0.15, 0.2) is 11.8 Å². The zero-order valence-corrected chi connectivity index (χ0v) is 11.9. The summed E-state index contributed by atoms with van der Waals surface area (Å²) >= 11 is 0. The highest BCUT2D eigenvalue weighted by Crippen LogP contribution is 2.30. The first kappa shape index (κ1) is 14.2. The van der Waals surface area contributed by atoms with Gasteiger partial charge in [0.25, 0.3) is 0 Å². The molecule has 2 atom stereocenters. The standard InChI is InChI=1S/C14H23NO4/c1-14(2,3)19-13(17)15-7-11(12(16)8-15)10-5-4-6-18-9-10/h9,11-12,16H,4-8H2,1-3H3. The Balaban J connectivity index is 1.97. The van der Waals surface area contributed by atoms with Crippen LogP contribution in [0.1, 0.15) is 33.6 Å². The van der Waals surface area contributed by atoms with Gasteiger partial charge < -0.3 is 19.5 Å². The zero-order chi connectivity index (χ0) is 14.0. The lowest BCUT2D eigenvalue weighted by atomic mass is 9.93. The van der Waals surface area contributed by atoms with Crippen molar-refractivity contribution < 1.29 is 19.4 Å². The summed E-state index contributed by atoms with van der Waals surface area (Å²) in [6.07, 6.45) is 2.77. The number of carbonyl (C=O) groups is 1. The van der Waals surface area contributed by atoms with E-state index in [0.717, 1.165) is 25.0 Å². The molecule has 1 amide bonds. The third-order valence-corrected chi connectivity index (χ3v) is 3.38. The molecule has 1 saturated heterocycles. The van der Waals surface area contributed by atoms with Gasteiger partial charge in [-0.1, -0.05) is 0 Å². The second kappa shape index (κ2) is 5.41. The van der Waals surface area contributed by atoms with E-state index < -0.39 is 11.7 Å². The van der Waals surface area contributed by atoms with Crippen molar-refractivity contribution in [1.82, 2.24) is 4.90 Å². The summed E-state index contributed by atoms with van der Waals surface area (Å²) in [5.74, 6) is -0.0205. The molecule has 1 N–H and O–H groups in total. The van der Waals surface area contributed by atoms with Gasteiger partial charge in [0, 0.05) is 12.5 Å². The Morgan fingerprint density at radius 2 is 2.21 bits per heavy atom. The second-order valence-electron chi connectivity index (χ2n) is 6.23. The van der Waals surface area contributed by atoms with Crippen LogP contribution >= 0.6 is 0 Å². The van der Waals surface area contributed by atoms with Gasteiger partial charge in [-0.05, 0) is 39.2 Å². The fraction of sp³-hybridized carbons (Fsp3) is 0.786. The average Bonchev–Trinajstić information content (AvgIpc) is 2.70. The normalized spacial score (nSPS) is 27.8. The van der Waals surface area contributed by atoms with Gasteiger partial charge in [0.2, 0.25) is 0 Å². The minimum atomic E-state index is -0.527. The highest BCUT2D eigenvalue weighted by Gasteiger charge is 2.38. The molecule has 2 unspecified atom stereocenters. The molecular formula is C14H23NO4. The highest BCUT2D eigenvalue weighted by molar-refractivity contribution is 5.68. The molecule has 0 aromatic carbocycles. The summed E-state index contributed by atoms with van der Waals surface area (Å²) in [6.45, 7) is 7.09. The summed E-state index contributed by atoms with van der Waals surface area (Å²) in [6, 6.07) is 0. The molecule has 2 aliphatic rings. The van der Waals surface area contributed by atoms with Gasteiger partial charge in [-0.15, -0.1) is 0 Å². The Morgan fingerprint density at radius 3 is 2.79 bits per heavy atom. The molecule has 5 nitrogen and oxygen atoms in total. The number of ether oxygens (including phenoxy) is 2. The van der Waals surface area contributed by atoms with E-state index in [1.165, 1.54) is 0 Å². The number of carbonyl (C=O) groups excluding carboxylic acids is 1. The molecule has 2 aliphatic heterocycles. The van der Waals surface area contributed by atoms with Crippen LogP contribution in [-0.4, -0.2) is 47.5 Å². The van der Waals surface area contributed by atoms with E-state index in [2.05, 4.69) is 0 Å². The predicted molar refractivity (Wildman–Crippen MR) is 70.6 cm³/mol. The lowest BCUT2D eigenvalue weighted by Gasteiger charge is -2.24. The van der Waals surface area contributed by atoms with E-state index in [4.69, 9.17) is 9.47 Å². The molecule has 5 heteroatoms. The smallest absolute Gasteiger partial charge is 0.410 e. The van der Waals surface area contributed by atoms with E-state index in [-0.39, 0.29) is 12.0 Å². The number of rotatable bonds is 1. The largest absolute Gasteiger partial charge is 0.501 e. The SMILES string of the molecule is CC(C)(C)OC(=O)N1CC(O)C(C2=COCCC2)C1. The molecule has 2 rings (SSSR count). The van der Waals surface area contributed by atoms with E-state index in [1.54, 1.807) is 11.2 Å². The number of likely N-dealkylation sites (tertiary alicyclic amines) is 1. The Morgan fingerprint density at radius 1 is 1.47 bits per heavy atom. The van der Waals surface area contributed by atoms with Crippen LogP contribution in [0.2, 0.25) is 0 Å². The van der Waals surface area contributed by atoms with Crippen LogP contribution in [0.25, 0.3) is 0 Å². The number of aliphatic hydroxyl groups is 1. The topological polar surface area (TPSA) is 59.0 Å². The second-order valence-corrected chi connectivity index (χ2v) is 6.23. The summed E-state index contributed by atoms with van der Waals surface area (Å²) in [4.78, 5) is 13.6. The van der Waals surface area contributed by atoms with Crippen LogP contribution in [0, 0.1) is 5.92 Å². The van der Waals surface area contributed by atoms with Crippen LogP contribution in [0.4, 0.5) is 4.79 Å². The Bertz CT molecular complexity index is 372. The third-order valence-electron chi connectivity index (χ3n) is 3.38. The first-order valence-electron chi connectivity index (χ1n) is 6.83. The van der Waals surface area contributed by atoms with Crippen molar-refractivity contribution in [3.05, 3.63) is 11.8 Å². The van der Waals surface area contributed by atoms with E-state index in [1.807, 2.05) is 20.8 Å². The van der Waals surface area contributed by atoms with Gasteiger partial charge in [0.05, 0.1) is 25.5 Å². The van der Waals surface area contributed by atoms with Crippen LogP contribution in [0.3, 0.4) is 0 Å². The predicted octanol–water partition coefficient (Wildman–Crippen LogP) is 1.91. The number of amides is 1. The Kier molecular flexibility index (Phi) is 4.04. The molecule has 2 heterocycles. The minimum Gasteiger partial charge on any atom is -0.501 e. The quantitative estimate of drug-likeness (QED) is 0.790. The summed E-state index contributed by atoms with van der Waals surface area (Å²) in [7, 11) is 0. The van der Waals surface area contributed by atoms with Gasteiger partial charge >= 0.3 is 6.09 Å². The number of aliphatic hydroxyl groups excluding tert-OH is 1. The van der Waals surface area contributed by atoms with Crippen molar-refractivity contribution in [1.29, 1.82) is 0 Å². The molecule has 0 spiro atoms. The van der Waals surface area contributed by atoms with Crippen molar-refractivity contribution in [2.24, 2.45) is 5.92 Å². The van der Waals surface area contributed by atoms with E-state index in [0.29, 0.717) is 13.1 Å². The van der Waals surface area contributed by atoms with Crippen LogP contribution in [-0.2, 0) is 9.47 Å². The molecule has 0 aromatic heterocycles. The third kappa shape index (κ3) is 3.62. The maximum absolute atomic E-state index is 12.0. The van der Waals surface area contributed by atoms with Gasteiger partial charge in [-0.25, -0.2) is 4.79 Å². The molecule has 0 bridgehead atoms. The molecule has 19 heavy (non-hydrogen) atoms. The molecule has 0 saturated carbocycles. The van der Waals surface area contributed by atoms with Crippen molar-refractivity contribution in [2.75, 3.05) is 19.7 Å². The number of β-amino-alcohol motifs (C(OH)–C–C–N with tert-alkyl or cyclic N) is 1. The van der Waals surface area contributed by atoms with Gasteiger partial charge in [-0.2, -0.15) is 0 Å². The van der Waals surface area contributed by atoms with Crippen molar-refractivity contribution in [3.63, 3.8) is 0 Å². The highest BCUT2D eigenvalue weighted by atomic mass is 16.6. The fourth-order valence-corrected chi connectivity index (χ4v) is 2.48. The fourth-order valence-electron chi connectivity index (χ4n) is 2.48. The van der Waals surface area contributed by atoms with Crippen LogP contribution in [0.5, 0.6) is 0 Å². The summed E-state index contributed by atoms with van der Waals surface area (Å²) in [5.41, 5.74) is 0.595. The van der Waals surface area contributed by atoms with Crippen LogP contribution < -0.4 is 0 Å². The molecule has 1 fully saturated rings. The molecule has 0 aliphatic carbocycles. The first-order chi connectivity index (χ1) is 8.87. The Labute approximate surface area is 114 Å². The van der Waals surface area contributed by atoms with Crippen molar-refractivity contribution in [3.8, 4) is 0 Å². The summed E-state index contributed by atoms with van der Waals surface area (Å²) in [5, 5.41) is 10.1. The van der Waals surface area contributed by atoms with Crippen molar-refractivity contribution >= 4 is 6.09 Å². The lowest BCUT2D eigenvalue weighted by Crippen LogP contribution is -2.35. The lowest BCUT2D eigenvalue weighted by molar-refractivity contribution is 0.0270. The summed E-state index contributed by atoms with van der Waals surface area (Å²) < 4.78 is 10.6. The van der Waals surface area contributed by atoms with E-state index in [9.17, 15) is 9.90 Å². The van der Waals surface area contributed by atoms with Gasteiger partial charge in [0.1, 0.15) is 5.60 Å². The number of hydrogen-bond acceptors (Lipinski definition) is 4. The zero-order valence-electron chi connectivity index (χ0n) is 11.9. The maximum atomic E-state index is 12.0. The minimum absolute atomic E-state index is 0.0205. The molecular weight excluding hydrogens is 246 g/mol. The first-order valence-corrected chi connectivity index (χ1v) is 6.83.